The van der Waals surface area contributed by atoms with Crippen LogP contribution in [0.25, 0.3) is 0 Å². The Bertz CT molecular complexity index is 1260. The highest BCUT2D eigenvalue weighted by molar-refractivity contribution is 7.89. The zero-order chi connectivity index (χ0) is 23.6. The number of nitrogens with one attached hydrogen (secondary N) is 1. The number of aryl methyl sites for hydroxylation is 1. The molecule has 0 aliphatic carbocycles. The van der Waals surface area contributed by atoms with Gasteiger partial charge in [-0.2, -0.15) is 4.31 Å². The summed E-state index contributed by atoms with van der Waals surface area (Å²) < 4.78 is 38.2. The molecular formula is C25H26N2O5S. The number of nitrogens with zero attached hydrogens (tertiary/aromatic N) is 1. The number of sulfonamides is 1. The van der Waals surface area contributed by atoms with Crippen molar-refractivity contribution in [3.63, 3.8) is 0 Å². The number of hydrogen-bond donors (Lipinski definition) is 1. The lowest BCUT2D eigenvalue weighted by Crippen LogP contribution is -2.36. The second-order valence-corrected chi connectivity index (χ2v) is 9.88. The number of anilines is 1. The Kier molecular flexibility index (Phi) is 6.40. The monoisotopic (exact) mass is 466 g/mol. The van der Waals surface area contributed by atoms with E-state index in [-0.39, 0.29) is 17.3 Å². The SMILES string of the molecule is COc1cc(OC)cc(C(=O)Nc2ccc3c(c2)CN(S(=O)(=O)c2ccc(C)cc2)CC3)c1. The average Bonchev–Trinajstić information content (AvgIpc) is 2.83. The van der Waals surface area contributed by atoms with Crippen molar-refractivity contribution in [2.75, 3.05) is 26.1 Å². The van der Waals surface area contributed by atoms with Gasteiger partial charge in [0.15, 0.2) is 0 Å². The van der Waals surface area contributed by atoms with Gasteiger partial charge in [-0.25, -0.2) is 8.42 Å². The molecule has 0 saturated carbocycles. The zero-order valence-corrected chi connectivity index (χ0v) is 19.6. The molecule has 1 heterocycles. The van der Waals surface area contributed by atoms with Gasteiger partial charge in [-0.3, -0.25) is 4.79 Å². The average molecular weight is 467 g/mol. The molecule has 172 valence electrons. The van der Waals surface area contributed by atoms with E-state index in [9.17, 15) is 13.2 Å². The summed E-state index contributed by atoms with van der Waals surface area (Å²) in [6, 6.07) is 17.4. The van der Waals surface area contributed by atoms with Crippen LogP contribution in [0.2, 0.25) is 0 Å². The first-order chi connectivity index (χ1) is 15.8. The van der Waals surface area contributed by atoms with Crippen molar-refractivity contribution in [1.29, 1.82) is 0 Å². The maximum atomic E-state index is 13.1. The Morgan fingerprint density at radius 3 is 2.21 bits per heavy atom. The van der Waals surface area contributed by atoms with Crippen molar-refractivity contribution in [1.82, 2.24) is 4.31 Å². The van der Waals surface area contributed by atoms with Gasteiger partial charge in [0, 0.05) is 30.4 Å². The first-order valence-corrected chi connectivity index (χ1v) is 12.0. The summed E-state index contributed by atoms with van der Waals surface area (Å²) in [6.45, 7) is 2.59. The molecule has 7 nitrogen and oxygen atoms in total. The molecule has 1 amide bonds. The third-order valence-corrected chi connectivity index (χ3v) is 7.57. The second-order valence-electron chi connectivity index (χ2n) is 7.94. The van der Waals surface area contributed by atoms with Crippen molar-refractivity contribution < 1.29 is 22.7 Å². The number of benzene rings is 3. The third kappa shape index (κ3) is 4.86. The highest BCUT2D eigenvalue weighted by Crippen LogP contribution is 2.28. The lowest BCUT2D eigenvalue weighted by Gasteiger charge is -2.28. The summed E-state index contributed by atoms with van der Waals surface area (Å²) in [4.78, 5) is 13.1. The number of methoxy groups -OCH3 is 2. The van der Waals surface area contributed by atoms with E-state index in [0.29, 0.717) is 35.7 Å². The van der Waals surface area contributed by atoms with E-state index in [1.807, 2.05) is 25.1 Å². The van der Waals surface area contributed by atoms with Gasteiger partial charge >= 0.3 is 0 Å². The molecule has 0 bridgehead atoms. The smallest absolute Gasteiger partial charge is 0.255 e. The molecule has 0 spiro atoms. The summed E-state index contributed by atoms with van der Waals surface area (Å²) in [6.07, 6.45) is 0.613. The summed E-state index contributed by atoms with van der Waals surface area (Å²) >= 11 is 0. The standard InChI is InChI=1S/C25H26N2O5S/c1-17-4-8-24(9-5-17)33(29,30)27-11-10-18-6-7-21(12-20(18)16-27)26-25(28)19-13-22(31-2)15-23(14-19)32-3/h4-9,12-15H,10-11,16H2,1-3H3,(H,26,28). The van der Waals surface area contributed by atoms with E-state index in [4.69, 9.17) is 9.47 Å². The van der Waals surface area contributed by atoms with Gasteiger partial charge in [-0.1, -0.05) is 23.8 Å². The normalized spacial score (nSPS) is 13.8. The summed E-state index contributed by atoms with van der Waals surface area (Å²) in [5.41, 5.74) is 3.94. The highest BCUT2D eigenvalue weighted by Gasteiger charge is 2.28. The van der Waals surface area contributed by atoms with Crippen LogP contribution in [0.3, 0.4) is 0 Å². The predicted molar refractivity (Wildman–Crippen MR) is 126 cm³/mol. The van der Waals surface area contributed by atoms with Crippen LogP contribution in [-0.2, 0) is 23.0 Å². The Labute approximate surface area is 194 Å². The minimum atomic E-state index is -3.60. The molecule has 0 aromatic heterocycles. The van der Waals surface area contributed by atoms with E-state index < -0.39 is 10.0 Å². The van der Waals surface area contributed by atoms with E-state index in [1.165, 1.54) is 18.5 Å². The van der Waals surface area contributed by atoms with Crippen LogP contribution in [0.5, 0.6) is 11.5 Å². The van der Waals surface area contributed by atoms with E-state index in [1.54, 1.807) is 42.5 Å². The van der Waals surface area contributed by atoms with Gasteiger partial charge in [0.25, 0.3) is 5.91 Å². The fourth-order valence-corrected chi connectivity index (χ4v) is 5.23. The molecule has 0 atom stereocenters. The maximum Gasteiger partial charge on any atom is 0.255 e. The summed E-state index contributed by atoms with van der Waals surface area (Å²) in [5, 5.41) is 2.88. The zero-order valence-electron chi connectivity index (χ0n) is 18.8. The molecule has 1 aliphatic rings. The van der Waals surface area contributed by atoms with Gasteiger partial charge < -0.3 is 14.8 Å². The summed E-state index contributed by atoms with van der Waals surface area (Å²) in [7, 11) is -0.549. The van der Waals surface area contributed by atoms with Crippen LogP contribution < -0.4 is 14.8 Å². The molecule has 33 heavy (non-hydrogen) atoms. The lowest BCUT2D eigenvalue weighted by molar-refractivity contribution is 0.102. The third-order valence-electron chi connectivity index (χ3n) is 5.71. The maximum absolute atomic E-state index is 13.1. The van der Waals surface area contributed by atoms with Gasteiger partial charge in [0.1, 0.15) is 11.5 Å². The lowest BCUT2D eigenvalue weighted by atomic mass is 10.0. The molecule has 8 heteroatoms. The Morgan fingerprint density at radius 1 is 0.909 bits per heavy atom. The van der Waals surface area contributed by atoms with Crippen LogP contribution in [0.15, 0.2) is 65.6 Å². The first-order valence-electron chi connectivity index (χ1n) is 10.5. The first kappa shape index (κ1) is 22.8. The minimum absolute atomic E-state index is 0.252. The number of fused-ring (bicyclic) bond motifs is 1. The van der Waals surface area contributed by atoms with Crippen LogP contribution in [-0.4, -0.2) is 39.4 Å². The Hall–Kier alpha value is -3.36. The molecule has 3 aromatic carbocycles. The molecule has 0 unspecified atom stereocenters. The topological polar surface area (TPSA) is 84.9 Å². The molecule has 1 N–H and O–H groups in total. The minimum Gasteiger partial charge on any atom is -0.497 e. The van der Waals surface area contributed by atoms with Crippen LogP contribution in [0.4, 0.5) is 5.69 Å². The number of hydrogen-bond acceptors (Lipinski definition) is 5. The number of amides is 1. The fourth-order valence-electron chi connectivity index (χ4n) is 3.82. The quantitative estimate of drug-likeness (QED) is 0.593. The van der Waals surface area contributed by atoms with Gasteiger partial charge in [-0.05, 0) is 60.9 Å². The summed E-state index contributed by atoms with van der Waals surface area (Å²) in [5.74, 6) is 0.718. The number of carbonyl (C=O) groups is 1. The molecule has 1 aliphatic heterocycles. The van der Waals surface area contributed by atoms with Gasteiger partial charge in [-0.15, -0.1) is 0 Å². The van der Waals surface area contributed by atoms with Crippen molar-refractivity contribution in [2.24, 2.45) is 0 Å². The van der Waals surface area contributed by atoms with Crippen molar-refractivity contribution in [2.45, 2.75) is 24.8 Å². The fraction of sp³-hybridized carbons (Fsp3) is 0.240. The largest absolute Gasteiger partial charge is 0.497 e. The molecule has 0 fully saturated rings. The number of ether oxygens (including phenoxy) is 2. The predicted octanol–water partition coefficient (Wildman–Crippen LogP) is 4.01. The highest BCUT2D eigenvalue weighted by atomic mass is 32.2. The van der Waals surface area contributed by atoms with E-state index in [0.717, 1.165) is 16.7 Å². The molecule has 0 saturated heterocycles. The molecule has 4 rings (SSSR count). The van der Waals surface area contributed by atoms with Gasteiger partial charge in [0.2, 0.25) is 10.0 Å². The number of carbonyl (C=O) groups excluding carboxylic acids is 1. The molecular weight excluding hydrogens is 440 g/mol. The van der Waals surface area contributed by atoms with Crippen LogP contribution >= 0.6 is 0 Å². The second kappa shape index (κ2) is 9.25. The van der Waals surface area contributed by atoms with Crippen LogP contribution in [0.1, 0.15) is 27.0 Å². The Balaban J connectivity index is 1.55. The Morgan fingerprint density at radius 2 is 1.58 bits per heavy atom. The van der Waals surface area contributed by atoms with E-state index >= 15 is 0 Å². The van der Waals surface area contributed by atoms with Gasteiger partial charge in [0.05, 0.1) is 19.1 Å². The molecule has 3 aromatic rings. The van der Waals surface area contributed by atoms with Crippen molar-refractivity contribution in [3.05, 3.63) is 82.9 Å². The number of rotatable bonds is 6. The van der Waals surface area contributed by atoms with E-state index in [2.05, 4.69) is 5.32 Å². The molecule has 0 radical (unpaired) electrons. The van der Waals surface area contributed by atoms with Crippen molar-refractivity contribution in [3.8, 4) is 11.5 Å². The van der Waals surface area contributed by atoms with Crippen molar-refractivity contribution >= 4 is 21.6 Å². The van der Waals surface area contributed by atoms with Crippen LogP contribution in [0, 0.1) is 6.92 Å².